The fourth-order valence-electron chi connectivity index (χ4n) is 2.36. The fraction of sp³-hybridized carbons (Fsp3) is 0.158. The lowest BCUT2D eigenvalue weighted by Crippen LogP contribution is -2.03. The standard InChI is InChI=1S/C19H19BrN4/c1-12-4-5-13(2)17(10-12)23-19-21-14(3)11-18(24-19)22-16-8-6-15(20)7-9-16/h4-11H,1-3H3,(H2,21,22,23,24). The third-order valence-corrected chi connectivity index (χ3v) is 4.14. The summed E-state index contributed by atoms with van der Waals surface area (Å²) < 4.78 is 1.05. The average Bonchev–Trinajstić information content (AvgIpc) is 2.53. The first-order chi connectivity index (χ1) is 11.5. The topological polar surface area (TPSA) is 49.8 Å². The predicted octanol–water partition coefficient (Wildman–Crippen LogP) is 5.65. The predicted molar refractivity (Wildman–Crippen MR) is 103 cm³/mol. The molecule has 4 nitrogen and oxygen atoms in total. The van der Waals surface area contributed by atoms with Crippen LogP contribution in [-0.4, -0.2) is 9.97 Å². The van der Waals surface area contributed by atoms with Crippen LogP contribution >= 0.6 is 15.9 Å². The van der Waals surface area contributed by atoms with Crippen LogP contribution in [0.4, 0.5) is 23.1 Å². The number of hydrogen-bond acceptors (Lipinski definition) is 4. The van der Waals surface area contributed by atoms with Crippen LogP contribution in [0, 0.1) is 20.8 Å². The highest BCUT2D eigenvalue weighted by molar-refractivity contribution is 9.10. The highest BCUT2D eigenvalue weighted by Gasteiger charge is 2.06. The summed E-state index contributed by atoms with van der Waals surface area (Å²) in [4.78, 5) is 9.06. The number of aryl methyl sites for hydroxylation is 3. The van der Waals surface area contributed by atoms with E-state index >= 15 is 0 Å². The van der Waals surface area contributed by atoms with Gasteiger partial charge in [-0.15, -0.1) is 0 Å². The molecular weight excluding hydrogens is 364 g/mol. The number of halogens is 1. The lowest BCUT2D eigenvalue weighted by molar-refractivity contribution is 1.10. The van der Waals surface area contributed by atoms with E-state index in [9.17, 15) is 0 Å². The van der Waals surface area contributed by atoms with Gasteiger partial charge in [-0.25, -0.2) is 4.98 Å². The molecule has 2 aromatic carbocycles. The molecule has 122 valence electrons. The molecule has 0 aliphatic carbocycles. The molecule has 5 heteroatoms. The Bertz CT molecular complexity index is 860. The summed E-state index contributed by atoms with van der Waals surface area (Å²) >= 11 is 3.44. The third kappa shape index (κ3) is 4.11. The van der Waals surface area contributed by atoms with Crippen molar-refractivity contribution < 1.29 is 0 Å². The van der Waals surface area contributed by atoms with Gasteiger partial charge in [-0.2, -0.15) is 4.98 Å². The molecule has 1 aromatic heterocycles. The van der Waals surface area contributed by atoms with Crippen molar-refractivity contribution in [2.75, 3.05) is 10.6 Å². The summed E-state index contributed by atoms with van der Waals surface area (Å²) in [6.07, 6.45) is 0. The van der Waals surface area contributed by atoms with Crippen LogP contribution in [-0.2, 0) is 0 Å². The smallest absolute Gasteiger partial charge is 0.229 e. The molecule has 3 aromatic rings. The van der Waals surface area contributed by atoms with Crippen molar-refractivity contribution in [1.82, 2.24) is 9.97 Å². The van der Waals surface area contributed by atoms with Gasteiger partial charge in [0.15, 0.2) is 0 Å². The monoisotopic (exact) mass is 382 g/mol. The minimum atomic E-state index is 0.586. The van der Waals surface area contributed by atoms with Crippen molar-refractivity contribution in [3.63, 3.8) is 0 Å². The molecular formula is C19H19BrN4. The normalized spacial score (nSPS) is 10.5. The minimum Gasteiger partial charge on any atom is -0.340 e. The number of hydrogen-bond donors (Lipinski definition) is 2. The Hall–Kier alpha value is -2.40. The van der Waals surface area contributed by atoms with Gasteiger partial charge in [0.1, 0.15) is 5.82 Å². The molecule has 0 aliphatic rings. The van der Waals surface area contributed by atoms with Crippen molar-refractivity contribution in [2.45, 2.75) is 20.8 Å². The fourth-order valence-corrected chi connectivity index (χ4v) is 2.62. The molecule has 0 saturated carbocycles. The van der Waals surface area contributed by atoms with E-state index in [0.29, 0.717) is 5.95 Å². The maximum Gasteiger partial charge on any atom is 0.229 e. The first kappa shape index (κ1) is 16.5. The van der Waals surface area contributed by atoms with Gasteiger partial charge in [-0.05, 0) is 62.2 Å². The van der Waals surface area contributed by atoms with Gasteiger partial charge in [0.2, 0.25) is 5.95 Å². The van der Waals surface area contributed by atoms with Crippen LogP contribution in [0.3, 0.4) is 0 Å². The van der Waals surface area contributed by atoms with E-state index in [2.05, 4.69) is 68.6 Å². The van der Waals surface area contributed by atoms with Crippen LogP contribution in [0.15, 0.2) is 53.0 Å². The zero-order chi connectivity index (χ0) is 17.1. The summed E-state index contributed by atoms with van der Waals surface area (Å²) in [7, 11) is 0. The minimum absolute atomic E-state index is 0.586. The number of nitrogens with zero attached hydrogens (tertiary/aromatic N) is 2. The first-order valence-corrected chi connectivity index (χ1v) is 8.51. The van der Waals surface area contributed by atoms with Gasteiger partial charge in [0, 0.05) is 27.6 Å². The number of nitrogens with one attached hydrogen (secondary N) is 2. The van der Waals surface area contributed by atoms with Crippen molar-refractivity contribution in [3.8, 4) is 0 Å². The van der Waals surface area contributed by atoms with Crippen molar-refractivity contribution >= 4 is 39.1 Å². The van der Waals surface area contributed by atoms with E-state index in [1.165, 1.54) is 5.56 Å². The molecule has 0 fully saturated rings. The van der Waals surface area contributed by atoms with E-state index in [1.54, 1.807) is 0 Å². The summed E-state index contributed by atoms with van der Waals surface area (Å²) in [5, 5.41) is 6.63. The van der Waals surface area contributed by atoms with E-state index in [4.69, 9.17) is 0 Å². The maximum atomic E-state index is 4.57. The van der Waals surface area contributed by atoms with E-state index < -0.39 is 0 Å². The Morgan fingerprint density at radius 2 is 1.58 bits per heavy atom. The number of aromatic nitrogens is 2. The Morgan fingerprint density at radius 3 is 2.33 bits per heavy atom. The first-order valence-electron chi connectivity index (χ1n) is 7.72. The lowest BCUT2D eigenvalue weighted by atomic mass is 10.1. The largest absolute Gasteiger partial charge is 0.340 e. The molecule has 0 atom stereocenters. The summed E-state index contributed by atoms with van der Waals surface area (Å²) in [6.45, 7) is 6.10. The highest BCUT2D eigenvalue weighted by atomic mass is 79.9. The van der Waals surface area contributed by atoms with Gasteiger partial charge in [0.25, 0.3) is 0 Å². The van der Waals surface area contributed by atoms with Gasteiger partial charge in [0.05, 0.1) is 0 Å². The van der Waals surface area contributed by atoms with Gasteiger partial charge < -0.3 is 10.6 Å². The van der Waals surface area contributed by atoms with E-state index in [0.717, 1.165) is 32.9 Å². The molecule has 3 rings (SSSR count). The molecule has 0 aliphatic heterocycles. The second-order valence-electron chi connectivity index (χ2n) is 5.79. The molecule has 24 heavy (non-hydrogen) atoms. The highest BCUT2D eigenvalue weighted by Crippen LogP contribution is 2.23. The molecule has 1 heterocycles. The van der Waals surface area contributed by atoms with Crippen LogP contribution in [0.5, 0.6) is 0 Å². The maximum absolute atomic E-state index is 4.57. The number of rotatable bonds is 4. The summed E-state index contributed by atoms with van der Waals surface area (Å²) in [5.74, 6) is 1.35. The van der Waals surface area contributed by atoms with Crippen molar-refractivity contribution in [2.24, 2.45) is 0 Å². The van der Waals surface area contributed by atoms with Gasteiger partial charge in [-0.1, -0.05) is 28.1 Å². The number of benzene rings is 2. The third-order valence-electron chi connectivity index (χ3n) is 3.61. The Kier molecular flexibility index (Phi) is 4.81. The summed E-state index contributed by atoms with van der Waals surface area (Å²) in [6, 6.07) is 16.2. The molecule has 2 N–H and O–H groups in total. The second kappa shape index (κ2) is 7.01. The molecule has 0 bridgehead atoms. The second-order valence-corrected chi connectivity index (χ2v) is 6.71. The van der Waals surface area contributed by atoms with Crippen LogP contribution in [0.2, 0.25) is 0 Å². The lowest BCUT2D eigenvalue weighted by Gasteiger charge is -2.12. The Labute approximate surface area is 150 Å². The Balaban J connectivity index is 1.85. The SMILES string of the molecule is Cc1ccc(C)c(Nc2nc(C)cc(Nc3ccc(Br)cc3)n2)c1. The zero-order valence-corrected chi connectivity index (χ0v) is 15.5. The van der Waals surface area contributed by atoms with Crippen LogP contribution in [0.25, 0.3) is 0 Å². The van der Waals surface area contributed by atoms with Crippen molar-refractivity contribution in [1.29, 1.82) is 0 Å². The van der Waals surface area contributed by atoms with E-state index in [1.807, 2.05) is 37.3 Å². The molecule has 0 saturated heterocycles. The summed E-state index contributed by atoms with van der Waals surface area (Å²) in [5.41, 5.74) is 5.26. The average molecular weight is 383 g/mol. The molecule has 0 spiro atoms. The van der Waals surface area contributed by atoms with Crippen LogP contribution < -0.4 is 10.6 Å². The number of anilines is 4. The van der Waals surface area contributed by atoms with Crippen molar-refractivity contribution in [3.05, 3.63) is 69.8 Å². The van der Waals surface area contributed by atoms with Crippen LogP contribution in [0.1, 0.15) is 16.8 Å². The van der Waals surface area contributed by atoms with Gasteiger partial charge in [-0.3, -0.25) is 0 Å². The van der Waals surface area contributed by atoms with Gasteiger partial charge >= 0.3 is 0 Å². The Morgan fingerprint density at radius 1 is 0.833 bits per heavy atom. The quantitative estimate of drug-likeness (QED) is 0.611. The zero-order valence-electron chi connectivity index (χ0n) is 13.9. The molecule has 0 amide bonds. The molecule has 0 unspecified atom stereocenters. The van der Waals surface area contributed by atoms with E-state index in [-0.39, 0.29) is 0 Å². The molecule has 0 radical (unpaired) electrons.